The van der Waals surface area contributed by atoms with E-state index >= 15 is 0 Å². The van der Waals surface area contributed by atoms with Crippen molar-refractivity contribution in [3.05, 3.63) is 71.3 Å². The molecule has 0 bridgehead atoms. The summed E-state index contributed by atoms with van der Waals surface area (Å²) in [5.41, 5.74) is 4.61. The summed E-state index contributed by atoms with van der Waals surface area (Å²) in [5.74, 6) is -0.00303. The molecule has 1 atom stereocenters. The summed E-state index contributed by atoms with van der Waals surface area (Å²) < 4.78 is 0. The minimum Gasteiger partial charge on any atom is -0.348 e. The molecule has 1 heterocycles. The predicted molar refractivity (Wildman–Crippen MR) is 113 cm³/mol. The fourth-order valence-corrected chi connectivity index (χ4v) is 4.32. The minimum absolute atomic E-state index is 0.00303. The molecule has 1 aliphatic carbocycles. The number of unbranched alkanes of at least 4 members (excludes halogenated alkanes) is 2. The highest BCUT2D eigenvalue weighted by molar-refractivity contribution is 6.39. The Labute approximate surface area is 167 Å². The van der Waals surface area contributed by atoms with Crippen molar-refractivity contribution >= 4 is 11.6 Å². The van der Waals surface area contributed by atoms with Crippen LogP contribution in [-0.2, 0) is 17.6 Å². The molecule has 2 aromatic carbocycles. The fraction of sp³-hybridized carbons (Fsp3) is 0.417. The first-order valence-electron chi connectivity index (χ1n) is 10.5. The van der Waals surface area contributed by atoms with E-state index in [0.717, 1.165) is 25.8 Å². The molecule has 1 N–H and O–H groups in total. The van der Waals surface area contributed by atoms with E-state index in [4.69, 9.17) is 5.10 Å². The van der Waals surface area contributed by atoms with E-state index in [1.54, 1.807) is 0 Å². The van der Waals surface area contributed by atoms with Crippen molar-refractivity contribution in [1.82, 2.24) is 10.3 Å². The van der Waals surface area contributed by atoms with Crippen LogP contribution in [0.3, 0.4) is 0 Å². The van der Waals surface area contributed by atoms with Crippen LogP contribution in [0.5, 0.6) is 0 Å². The monoisotopic (exact) mass is 375 g/mol. The topological polar surface area (TPSA) is 44.7 Å². The zero-order valence-electron chi connectivity index (χ0n) is 16.6. The van der Waals surface area contributed by atoms with E-state index in [2.05, 4.69) is 65.8 Å². The normalized spacial score (nSPS) is 18.8. The third-order valence-corrected chi connectivity index (χ3v) is 5.82. The van der Waals surface area contributed by atoms with Crippen LogP contribution in [0.15, 0.2) is 59.7 Å². The van der Waals surface area contributed by atoms with Gasteiger partial charge in [0.25, 0.3) is 5.91 Å². The summed E-state index contributed by atoms with van der Waals surface area (Å²) in [5, 5.41) is 10.1. The van der Waals surface area contributed by atoms with Crippen molar-refractivity contribution in [1.29, 1.82) is 0 Å². The molecule has 0 radical (unpaired) electrons. The van der Waals surface area contributed by atoms with Gasteiger partial charge >= 0.3 is 0 Å². The largest absolute Gasteiger partial charge is 0.348 e. The Kier molecular flexibility index (Phi) is 5.75. The molecule has 4 rings (SSSR count). The molecule has 0 aromatic heterocycles. The average molecular weight is 376 g/mol. The first-order chi connectivity index (χ1) is 13.7. The van der Waals surface area contributed by atoms with Gasteiger partial charge in [0.1, 0.15) is 5.71 Å². The lowest BCUT2D eigenvalue weighted by molar-refractivity contribution is -0.115. The average Bonchev–Trinajstić information content (AvgIpc) is 3.32. The van der Waals surface area contributed by atoms with E-state index in [1.807, 2.05) is 6.07 Å². The van der Waals surface area contributed by atoms with Crippen molar-refractivity contribution in [3.8, 4) is 0 Å². The highest BCUT2D eigenvalue weighted by Gasteiger charge is 2.32. The van der Waals surface area contributed by atoms with Crippen LogP contribution < -0.4 is 5.32 Å². The van der Waals surface area contributed by atoms with Crippen LogP contribution in [-0.4, -0.2) is 29.2 Å². The predicted octanol–water partition coefficient (Wildman–Crippen LogP) is 4.26. The van der Waals surface area contributed by atoms with Gasteiger partial charge in [0.05, 0.1) is 6.04 Å². The standard InChI is InChI=1S/C24H29N3O/c1-2-3-9-14-27-23(18-10-5-4-6-11-18)17-22(26-27)24(28)25-21-15-19-12-7-8-13-20(19)16-21/h4-8,10-13,21,23H,2-3,9,14-17H2,1H3,(H,25,28). The van der Waals surface area contributed by atoms with E-state index in [-0.39, 0.29) is 18.0 Å². The van der Waals surface area contributed by atoms with Gasteiger partial charge in [0, 0.05) is 19.0 Å². The Balaban J connectivity index is 1.43. The number of hydrazone groups is 1. The van der Waals surface area contributed by atoms with Crippen LogP contribution in [0.25, 0.3) is 0 Å². The van der Waals surface area contributed by atoms with E-state index in [0.29, 0.717) is 12.1 Å². The van der Waals surface area contributed by atoms with Crippen molar-refractivity contribution in [2.45, 2.75) is 57.5 Å². The van der Waals surface area contributed by atoms with E-state index < -0.39 is 0 Å². The highest BCUT2D eigenvalue weighted by Crippen LogP contribution is 2.31. The van der Waals surface area contributed by atoms with Crippen LogP contribution in [0.4, 0.5) is 0 Å². The number of nitrogens with zero attached hydrogens (tertiary/aromatic N) is 2. The van der Waals surface area contributed by atoms with E-state index in [9.17, 15) is 4.79 Å². The number of rotatable bonds is 7. The number of carbonyl (C=O) groups excluding carboxylic acids is 1. The second-order valence-electron chi connectivity index (χ2n) is 7.89. The second-order valence-corrected chi connectivity index (χ2v) is 7.89. The molecule has 0 spiro atoms. The van der Waals surface area contributed by atoms with Crippen molar-refractivity contribution in [3.63, 3.8) is 0 Å². The lowest BCUT2D eigenvalue weighted by Crippen LogP contribution is -2.39. The summed E-state index contributed by atoms with van der Waals surface area (Å²) in [4.78, 5) is 12.9. The maximum atomic E-state index is 12.9. The Bertz CT molecular complexity index is 821. The SMILES string of the molecule is CCCCCN1N=C(C(=O)NC2Cc3ccccc3C2)CC1c1ccccc1. The lowest BCUT2D eigenvalue weighted by atomic mass is 10.0. The van der Waals surface area contributed by atoms with Gasteiger partial charge in [-0.05, 0) is 36.0 Å². The first-order valence-corrected chi connectivity index (χ1v) is 10.5. The molecule has 4 nitrogen and oxygen atoms in total. The number of fused-ring (bicyclic) bond motifs is 1. The van der Waals surface area contributed by atoms with Crippen molar-refractivity contribution in [2.24, 2.45) is 5.10 Å². The third-order valence-electron chi connectivity index (χ3n) is 5.82. The Morgan fingerprint density at radius 3 is 2.36 bits per heavy atom. The number of hydrogen-bond donors (Lipinski definition) is 1. The molecule has 1 aliphatic heterocycles. The van der Waals surface area contributed by atoms with Gasteiger partial charge in [-0.3, -0.25) is 9.80 Å². The summed E-state index contributed by atoms with van der Waals surface area (Å²) in [6.45, 7) is 3.11. The smallest absolute Gasteiger partial charge is 0.267 e. The van der Waals surface area contributed by atoms with Gasteiger partial charge in [0.15, 0.2) is 0 Å². The molecule has 0 fully saturated rings. The van der Waals surface area contributed by atoms with Gasteiger partial charge < -0.3 is 5.32 Å². The molecular weight excluding hydrogens is 346 g/mol. The molecule has 1 amide bonds. The third kappa shape index (κ3) is 4.11. The van der Waals surface area contributed by atoms with Gasteiger partial charge in [-0.2, -0.15) is 5.10 Å². The zero-order valence-corrected chi connectivity index (χ0v) is 16.6. The van der Waals surface area contributed by atoms with Gasteiger partial charge in [-0.15, -0.1) is 0 Å². The summed E-state index contributed by atoms with van der Waals surface area (Å²) >= 11 is 0. The number of nitrogens with one attached hydrogen (secondary N) is 1. The van der Waals surface area contributed by atoms with Crippen LogP contribution in [0, 0.1) is 0 Å². The molecule has 2 aliphatic rings. The quantitative estimate of drug-likeness (QED) is 0.735. The number of benzene rings is 2. The second kappa shape index (κ2) is 8.59. The molecule has 2 aromatic rings. The zero-order chi connectivity index (χ0) is 19.3. The minimum atomic E-state index is -0.00303. The maximum absolute atomic E-state index is 12.9. The van der Waals surface area contributed by atoms with Gasteiger partial charge in [0.2, 0.25) is 0 Å². The van der Waals surface area contributed by atoms with E-state index in [1.165, 1.54) is 29.5 Å². The Hall–Kier alpha value is -2.62. The first kappa shape index (κ1) is 18.7. The van der Waals surface area contributed by atoms with Gasteiger partial charge in [-0.1, -0.05) is 74.4 Å². The summed E-state index contributed by atoms with van der Waals surface area (Å²) in [6.07, 6.45) is 5.99. The Morgan fingerprint density at radius 2 is 1.68 bits per heavy atom. The summed E-state index contributed by atoms with van der Waals surface area (Å²) in [7, 11) is 0. The maximum Gasteiger partial charge on any atom is 0.267 e. The van der Waals surface area contributed by atoms with Crippen LogP contribution >= 0.6 is 0 Å². The number of carbonyl (C=O) groups is 1. The fourth-order valence-electron chi connectivity index (χ4n) is 4.32. The molecular formula is C24H29N3O. The molecule has 0 saturated heterocycles. The van der Waals surface area contributed by atoms with Crippen molar-refractivity contribution < 1.29 is 4.79 Å². The summed E-state index contributed by atoms with van der Waals surface area (Å²) in [6, 6.07) is 19.3. The van der Waals surface area contributed by atoms with Gasteiger partial charge in [-0.25, -0.2) is 0 Å². The molecule has 4 heteroatoms. The number of hydrogen-bond acceptors (Lipinski definition) is 3. The Morgan fingerprint density at radius 1 is 1.00 bits per heavy atom. The molecule has 0 saturated carbocycles. The highest BCUT2D eigenvalue weighted by atomic mass is 16.2. The molecule has 1 unspecified atom stereocenters. The van der Waals surface area contributed by atoms with Crippen LogP contribution in [0.2, 0.25) is 0 Å². The molecule has 146 valence electrons. The molecule has 28 heavy (non-hydrogen) atoms. The number of amides is 1. The lowest BCUT2D eigenvalue weighted by Gasteiger charge is -2.23. The van der Waals surface area contributed by atoms with Crippen LogP contribution in [0.1, 0.15) is 55.3 Å². The van der Waals surface area contributed by atoms with Crippen molar-refractivity contribution in [2.75, 3.05) is 6.54 Å².